The molecule has 0 spiro atoms. The molecular weight excluding hydrogens is 376 g/mol. The van der Waals surface area contributed by atoms with Gasteiger partial charge in [0.2, 0.25) is 5.91 Å². The van der Waals surface area contributed by atoms with E-state index < -0.39 is 9.84 Å². The van der Waals surface area contributed by atoms with E-state index in [0.717, 1.165) is 24.2 Å². The second-order valence-electron chi connectivity index (χ2n) is 7.61. The van der Waals surface area contributed by atoms with Crippen molar-refractivity contribution in [2.45, 2.75) is 25.3 Å². The van der Waals surface area contributed by atoms with E-state index in [1.54, 1.807) is 15.8 Å². The Morgan fingerprint density at radius 2 is 1.96 bits per heavy atom. The van der Waals surface area contributed by atoms with Gasteiger partial charge in [-0.2, -0.15) is 5.10 Å². The van der Waals surface area contributed by atoms with Crippen molar-refractivity contribution >= 4 is 15.7 Å². The van der Waals surface area contributed by atoms with Gasteiger partial charge in [-0.1, -0.05) is 18.2 Å². The molecule has 2 aromatic rings. The van der Waals surface area contributed by atoms with Crippen LogP contribution in [-0.2, 0) is 21.1 Å². The normalized spacial score (nSPS) is 18.5. The molecule has 0 aliphatic carbocycles. The van der Waals surface area contributed by atoms with Crippen LogP contribution in [0.25, 0.3) is 5.69 Å². The second-order valence-corrected chi connectivity index (χ2v) is 9.84. The van der Waals surface area contributed by atoms with Crippen LogP contribution < -0.4 is 0 Å². The average molecular weight is 405 g/mol. The molecule has 0 radical (unpaired) electrons. The molecule has 1 saturated heterocycles. The molecule has 1 atom stereocenters. The highest BCUT2D eigenvalue weighted by Crippen LogP contribution is 2.20. The number of benzene rings is 1. The zero-order chi connectivity index (χ0) is 20.1. The Kier molecular flexibility index (Phi) is 6.51. The third-order valence-corrected chi connectivity index (χ3v) is 6.74. The highest BCUT2D eigenvalue weighted by Gasteiger charge is 2.34. The minimum absolute atomic E-state index is 0.0338. The van der Waals surface area contributed by atoms with E-state index in [-0.39, 0.29) is 29.9 Å². The summed E-state index contributed by atoms with van der Waals surface area (Å²) in [6, 6.07) is 9.51. The predicted octanol–water partition coefficient (Wildman–Crippen LogP) is 1.38. The Balaban J connectivity index is 1.69. The van der Waals surface area contributed by atoms with Gasteiger partial charge >= 0.3 is 0 Å². The molecule has 0 bridgehead atoms. The molecule has 1 unspecified atom stereocenters. The molecule has 0 saturated carbocycles. The van der Waals surface area contributed by atoms with Gasteiger partial charge in [0.15, 0.2) is 9.84 Å². The molecule has 1 amide bonds. The molecule has 8 heteroatoms. The Morgan fingerprint density at radius 1 is 1.21 bits per heavy atom. The minimum atomic E-state index is -3.04. The standard InChI is InChI=1S/C20H28N4O3S/c1-22(2)10-6-11-23(19-9-12-28(26,27)16-19)20(25)13-17-14-21-24(15-17)18-7-4-3-5-8-18/h3-5,7-8,14-15,19H,6,9-13,16H2,1-2H3. The van der Waals surface area contributed by atoms with E-state index in [2.05, 4.69) is 10.00 Å². The van der Waals surface area contributed by atoms with Crippen molar-refractivity contribution in [1.29, 1.82) is 0 Å². The maximum Gasteiger partial charge on any atom is 0.227 e. The Morgan fingerprint density at radius 3 is 2.61 bits per heavy atom. The molecular formula is C20H28N4O3S. The second kappa shape index (κ2) is 8.87. The highest BCUT2D eigenvalue weighted by molar-refractivity contribution is 7.91. The van der Waals surface area contributed by atoms with Crippen LogP contribution >= 0.6 is 0 Å². The Labute approximate surface area is 166 Å². The first kappa shape index (κ1) is 20.5. The van der Waals surface area contributed by atoms with Crippen LogP contribution in [0, 0.1) is 0 Å². The molecule has 1 aromatic heterocycles. The van der Waals surface area contributed by atoms with Gasteiger partial charge < -0.3 is 9.80 Å². The van der Waals surface area contributed by atoms with Crippen LogP contribution in [0.3, 0.4) is 0 Å². The van der Waals surface area contributed by atoms with Crippen molar-refractivity contribution in [2.24, 2.45) is 0 Å². The van der Waals surface area contributed by atoms with E-state index in [4.69, 9.17) is 0 Å². The van der Waals surface area contributed by atoms with Crippen molar-refractivity contribution < 1.29 is 13.2 Å². The van der Waals surface area contributed by atoms with Crippen LogP contribution in [-0.4, -0.2) is 78.6 Å². The molecule has 1 aliphatic heterocycles. The maximum atomic E-state index is 13.0. The monoisotopic (exact) mass is 404 g/mol. The summed E-state index contributed by atoms with van der Waals surface area (Å²) in [7, 11) is 0.940. The number of hydrogen-bond acceptors (Lipinski definition) is 5. The summed E-state index contributed by atoms with van der Waals surface area (Å²) in [6.45, 7) is 1.43. The molecule has 152 valence electrons. The summed E-state index contributed by atoms with van der Waals surface area (Å²) in [5.41, 5.74) is 1.76. The quantitative estimate of drug-likeness (QED) is 0.665. The largest absolute Gasteiger partial charge is 0.338 e. The summed E-state index contributed by atoms with van der Waals surface area (Å²) in [5, 5.41) is 4.35. The van der Waals surface area contributed by atoms with Gasteiger partial charge in [0.25, 0.3) is 0 Å². The predicted molar refractivity (Wildman–Crippen MR) is 109 cm³/mol. The molecule has 0 N–H and O–H groups in total. The molecule has 1 fully saturated rings. The van der Waals surface area contributed by atoms with Gasteiger partial charge in [0.05, 0.1) is 29.8 Å². The smallest absolute Gasteiger partial charge is 0.227 e. The van der Waals surface area contributed by atoms with E-state index in [1.807, 2.05) is 50.6 Å². The van der Waals surface area contributed by atoms with E-state index in [0.29, 0.717) is 13.0 Å². The first-order chi connectivity index (χ1) is 13.3. The number of carbonyl (C=O) groups is 1. The number of carbonyl (C=O) groups excluding carboxylic acids is 1. The van der Waals surface area contributed by atoms with Gasteiger partial charge in [-0.05, 0) is 51.2 Å². The van der Waals surface area contributed by atoms with Crippen molar-refractivity contribution in [2.75, 3.05) is 38.7 Å². The lowest BCUT2D eigenvalue weighted by Gasteiger charge is -2.29. The van der Waals surface area contributed by atoms with Gasteiger partial charge in [-0.15, -0.1) is 0 Å². The van der Waals surface area contributed by atoms with Gasteiger partial charge in [0, 0.05) is 18.8 Å². The fourth-order valence-electron chi connectivity index (χ4n) is 3.54. The van der Waals surface area contributed by atoms with Crippen molar-refractivity contribution in [3.05, 3.63) is 48.3 Å². The summed E-state index contributed by atoms with van der Waals surface area (Å²) in [6.07, 6.45) is 5.13. The molecule has 7 nitrogen and oxygen atoms in total. The zero-order valence-corrected chi connectivity index (χ0v) is 17.3. The fraction of sp³-hybridized carbons (Fsp3) is 0.500. The molecule has 1 aliphatic rings. The fourth-order valence-corrected chi connectivity index (χ4v) is 5.27. The lowest BCUT2D eigenvalue weighted by atomic mass is 10.1. The number of nitrogens with zero attached hydrogens (tertiary/aromatic N) is 4. The van der Waals surface area contributed by atoms with Crippen molar-refractivity contribution in [3.63, 3.8) is 0 Å². The number of hydrogen-bond donors (Lipinski definition) is 0. The molecule has 28 heavy (non-hydrogen) atoms. The van der Waals surface area contributed by atoms with Crippen molar-refractivity contribution in [1.82, 2.24) is 19.6 Å². The summed E-state index contributed by atoms with van der Waals surface area (Å²) in [5.74, 6) is 0.207. The van der Waals surface area contributed by atoms with Crippen LogP contribution in [0.15, 0.2) is 42.7 Å². The molecule has 3 rings (SSSR count). The zero-order valence-electron chi connectivity index (χ0n) is 16.5. The SMILES string of the molecule is CN(C)CCCN(C(=O)Cc1cnn(-c2ccccc2)c1)C1CCS(=O)(=O)C1. The lowest BCUT2D eigenvalue weighted by molar-refractivity contribution is -0.132. The van der Waals surface area contributed by atoms with Crippen LogP contribution in [0.5, 0.6) is 0 Å². The number of sulfone groups is 1. The van der Waals surface area contributed by atoms with Gasteiger partial charge in [-0.3, -0.25) is 4.79 Å². The lowest BCUT2D eigenvalue weighted by Crippen LogP contribution is -2.43. The summed E-state index contributed by atoms with van der Waals surface area (Å²) < 4.78 is 25.6. The minimum Gasteiger partial charge on any atom is -0.338 e. The third-order valence-electron chi connectivity index (χ3n) is 4.99. The van der Waals surface area contributed by atoms with Crippen LogP contribution in [0.2, 0.25) is 0 Å². The van der Waals surface area contributed by atoms with Crippen molar-refractivity contribution in [3.8, 4) is 5.69 Å². The van der Waals surface area contributed by atoms with Crippen LogP contribution in [0.4, 0.5) is 0 Å². The van der Waals surface area contributed by atoms with Crippen LogP contribution in [0.1, 0.15) is 18.4 Å². The first-order valence-corrected chi connectivity index (χ1v) is 11.4. The third kappa shape index (κ3) is 5.42. The van der Waals surface area contributed by atoms with Gasteiger partial charge in [0.1, 0.15) is 0 Å². The number of amides is 1. The van der Waals surface area contributed by atoms with Gasteiger partial charge in [-0.25, -0.2) is 13.1 Å². The van der Waals surface area contributed by atoms with E-state index in [9.17, 15) is 13.2 Å². The van der Waals surface area contributed by atoms with E-state index in [1.165, 1.54) is 0 Å². The topological polar surface area (TPSA) is 75.5 Å². The summed E-state index contributed by atoms with van der Waals surface area (Å²) >= 11 is 0. The Hall–Kier alpha value is -2.19. The number of aromatic nitrogens is 2. The first-order valence-electron chi connectivity index (χ1n) is 9.58. The summed E-state index contributed by atoms with van der Waals surface area (Å²) in [4.78, 5) is 16.9. The molecule has 2 heterocycles. The van der Waals surface area contributed by atoms with E-state index >= 15 is 0 Å². The Bertz CT molecular complexity index is 893. The maximum absolute atomic E-state index is 13.0. The number of rotatable bonds is 8. The highest BCUT2D eigenvalue weighted by atomic mass is 32.2. The number of para-hydroxylation sites is 1. The molecule has 1 aromatic carbocycles. The average Bonchev–Trinajstić information content (AvgIpc) is 3.25.